The first kappa shape index (κ1) is 8.88. The Bertz CT molecular complexity index is 109. The Morgan fingerprint density at radius 3 is 1.78 bits per heavy atom. The van der Waals surface area contributed by atoms with Gasteiger partial charge in [0.1, 0.15) is 0 Å². The molecule has 0 aliphatic heterocycles. The van der Waals surface area contributed by atoms with Gasteiger partial charge in [-0.2, -0.15) is 0 Å². The van der Waals surface area contributed by atoms with Crippen LogP contribution in [0.25, 0.3) is 0 Å². The van der Waals surface area contributed by atoms with E-state index < -0.39 is 11.0 Å². The van der Waals surface area contributed by atoms with E-state index in [1.807, 2.05) is 0 Å². The van der Waals surface area contributed by atoms with Crippen LogP contribution in [-0.4, -0.2) is 25.2 Å². The van der Waals surface area contributed by atoms with Crippen molar-refractivity contribution in [3.05, 3.63) is 0 Å². The number of hydrogen-bond donors (Lipinski definition) is 0. The van der Waals surface area contributed by atoms with E-state index >= 15 is 0 Å². The van der Waals surface area contributed by atoms with E-state index in [4.69, 9.17) is 11.6 Å². The van der Waals surface area contributed by atoms with Gasteiger partial charge >= 0.3 is 0 Å². The highest BCUT2D eigenvalue weighted by atomic mass is 35.5. The average molecular weight is 153 g/mol. The van der Waals surface area contributed by atoms with Crippen LogP contribution in [0.3, 0.4) is 0 Å². The maximum absolute atomic E-state index is 10.4. The van der Waals surface area contributed by atoms with Crippen LogP contribution in [0.1, 0.15) is 6.92 Å². The lowest BCUT2D eigenvalue weighted by Crippen LogP contribution is -2.36. The second kappa shape index (κ2) is 3.15. The highest BCUT2D eigenvalue weighted by Crippen LogP contribution is 2.12. The van der Waals surface area contributed by atoms with Crippen molar-refractivity contribution in [3.63, 3.8) is 0 Å². The van der Waals surface area contributed by atoms with Crippen LogP contribution in [0.2, 0.25) is 0 Å². The monoisotopic (exact) mass is 152 g/mol. The summed E-state index contributed by atoms with van der Waals surface area (Å²) in [5.74, 6) is -1.29. The van der Waals surface area contributed by atoms with E-state index in [1.165, 1.54) is 21.1 Å². The van der Waals surface area contributed by atoms with Crippen LogP contribution < -0.4 is 0 Å². The summed E-state index contributed by atoms with van der Waals surface area (Å²) in [6, 6.07) is 0. The molecule has 0 aromatic heterocycles. The van der Waals surface area contributed by atoms with E-state index in [1.54, 1.807) is 0 Å². The summed E-state index contributed by atoms with van der Waals surface area (Å²) in [5.41, 5.74) is 0. The number of carbonyl (C=O) groups is 1. The van der Waals surface area contributed by atoms with Gasteiger partial charge < -0.3 is 9.47 Å². The summed E-state index contributed by atoms with van der Waals surface area (Å²) in [6.07, 6.45) is 0. The largest absolute Gasteiger partial charge is 0.346 e. The van der Waals surface area contributed by atoms with Crippen LogP contribution in [0.4, 0.5) is 0 Å². The topological polar surface area (TPSA) is 35.5 Å². The van der Waals surface area contributed by atoms with E-state index in [-0.39, 0.29) is 0 Å². The SMILES string of the molecule is COC(C)(OC)C(=O)Cl. The van der Waals surface area contributed by atoms with E-state index in [2.05, 4.69) is 9.47 Å². The lowest BCUT2D eigenvalue weighted by Gasteiger charge is -2.20. The molecule has 0 N–H and O–H groups in total. The molecule has 0 fully saturated rings. The summed E-state index contributed by atoms with van der Waals surface area (Å²) in [5, 5.41) is -0.660. The minimum Gasteiger partial charge on any atom is -0.346 e. The van der Waals surface area contributed by atoms with Crippen LogP contribution in [0.15, 0.2) is 0 Å². The first-order valence-corrected chi connectivity index (χ1v) is 2.75. The first-order chi connectivity index (χ1) is 4.06. The molecule has 0 aliphatic carbocycles. The molecule has 0 bridgehead atoms. The van der Waals surface area contributed by atoms with Crippen LogP contribution in [0.5, 0.6) is 0 Å². The van der Waals surface area contributed by atoms with Crippen molar-refractivity contribution in [2.45, 2.75) is 12.7 Å². The summed E-state index contributed by atoms with van der Waals surface area (Å²) in [7, 11) is 2.70. The highest BCUT2D eigenvalue weighted by Gasteiger charge is 2.30. The standard InChI is InChI=1S/C5H9ClO3/c1-5(8-2,9-3)4(6)7/h1-3H3. The maximum atomic E-state index is 10.4. The van der Waals surface area contributed by atoms with Gasteiger partial charge in [-0.15, -0.1) is 0 Å². The Balaban J connectivity index is 4.09. The predicted molar refractivity (Wildman–Crippen MR) is 33.3 cm³/mol. The van der Waals surface area contributed by atoms with Crippen LogP contribution in [0, 0.1) is 0 Å². The number of halogens is 1. The molecular weight excluding hydrogens is 144 g/mol. The Morgan fingerprint density at radius 2 is 1.78 bits per heavy atom. The molecule has 0 unspecified atom stereocenters. The lowest BCUT2D eigenvalue weighted by atomic mass is 10.4. The van der Waals surface area contributed by atoms with Crippen molar-refractivity contribution in [3.8, 4) is 0 Å². The summed E-state index contributed by atoms with van der Waals surface area (Å²) in [4.78, 5) is 10.4. The van der Waals surface area contributed by atoms with Crippen molar-refractivity contribution >= 4 is 16.8 Å². The summed E-state index contributed by atoms with van der Waals surface area (Å²) < 4.78 is 9.29. The number of rotatable bonds is 3. The molecule has 0 heterocycles. The third-order valence-corrected chi connectivity index (χ3v) is 1.48. The van der Waals surface area contributed by atoms with Gasteiger partial charge in [0.25, 0.3) is 5.24 Å². The minimum absolute atomic E-state index is 0.660. The van der Waals surface area contributed by atoms with Gasteiger partial charge in [0.2, 0.25) is 5.79 Å². The predicted octanol–water partition coefficient (Wildman–Crippen LogP) is 0.761. The molecule has 0 amide bonds. The quantitative estimate of drug-likeness (QED) is 0.443. The molecule has 0 aliphatic rings. The second-order valence-corrected chi connectivity index (χ2v) is 1.97. The Hall–Kier alpha value is -0.120. The van der Waals surface area contributed by atoms with Gasteiger partial charge in [-0.3, -0.25) is 4.79 Å². The van der Waals surface area contributed by atoms with Crippen molar-refractivity contribution in [2.75, 3.05) is 14.2 Å². The van der Waals surface area contributed by atoms with Gasteiger partial charge in [-0.1, -0.05) is 0 Å². The van der Waals surface area contributed by atoms with Gasteiger partial charge in [0.15, 0.2) is 0 Å². The molecule has 54 valence electrons. The summed E-state index contributed by atoms with van der Waals surface area (Å²) >= 11 is 5.10. The zero-order valence-corrected chi connectivity index (χ0v) is 6.36. The van der Waals surface area contributed by atoms with Gasteiger partial charge in [-0.05, 0) is 18.5 Å². The van der Waals surface area contributed by atoms with Crippen molar-refractivity contribution in [1.82, 2.24) is 0 Å². The highest BCUT2D eigenvalue weighted by molar-refractivity contribution is 6.65. The van der Waals surface area contributed by atoms with E-state index in [0.717, 1.165) is 0 Å². The fourth-order valence-corrected chi connectivity index (χ4v) is 0.398. The number of hydrogen-bond acceptors (Lipinski definition) is 3. The van der Waals surface area contributed by atoms with Crippen molar-refractivity contribution in [1.29, 1.82) is 0 Å². The zero-order chi connectivity index (χ0) is 7.49. The normalized spacial score (nSPS) is 11.6. The molecule has 4 heteroatoms. The fraction of sp³-hybridized carbons (Fsp3) is 0.800. The molecule has 9 heavy (non-hydrogen) atoms. The maximum Gasteiger partial charge on any atom is 0.280 e. The minimum atomic E-state index is -1.29. The fourth-order valence-electron chi connectivity index (χ4n) is 0.244. The molecule has 0 saturated heterocycles. The molecule has 0 spiro atoms. The number of carbonyl (C=O) groups excluding carboxylic acids is 1. The third-order valence-electron chi connectivity index (χ3n) is 1.14. The van der Waals surface area contributed by atoms with Gasteiger partial charge in [0, 0.05) is 14.2 Å². The van der Waals surface area contributed by atoms with Crippen molar-refractivity contribution in [2.24, 2.45) is 0 Å². The van der Waals surface area contributed by atoms with E-state index in [0.29, 0.717) is 0 Å². The molecular formula is C5H9ClO3. The first-order valence-electron chi connectivity index (χ1n) is 2.37. The Kier molecular flexibility index (Phi) is 3.11. The Labute approximate surface area is 58.9 Å². The van der Waals surface area contributed by atoms with Crippen LogP contribution in [-0.2, 0) is 14.3 Å². The number of ether oxygens (including phenoxy) is 2. The molecule has 0 aromatic rings. The van der Waals surface area contributed by atoms with E-state index in [9.17, 15) is 4.79 Å². The molecule has 0 aromatic carbocycles. The smallest absolute Gasteiger partial charge is 0.280 e. The van der Waals surface area contributed by atoms with Gasteiger partial charge in [-0.25, -0.2) is 0 Å². The molecule has 0 saturated carbocycles. The van der Waals surface area contributed by atoms with Gasteiger partial charge in [0.05, 0.1) is 0 Å². The average Bonchev–Trinajstić information content (AvgIpc) is 1.86. The summed E-state index contributed by atoms with van der Waals surface area (Å²) in [6.45, 7) is 1.45. The third kappa shape index (κ3) is 1.93. The Morgan fingerprint density at radius 1 is 1.44 bits per heavy atom. The molecule has 0 rings (SSSR count). The molecule has 3 nitrogen and oxygen atoms in total. The second-order valence-electron chi connectivity index (χ2n) is 1.63. The molecule has 0 radical (unpaired) electrons. The lowest BCUT2D eigenvalue weighted by molar-refractivity contribution is -0.190. The molecule has 0 atom stereocenters. The van der Waals surface area contributed by atoms with Crippen LogP contribution >= 0.6 is 11.6 Å². The zero-order valence-electron chi connectivity index (χ0n) is 5.60. The van der Waals surface area contributed by atoms with Crippen molar-refractivity contribution < 1.29 is 14.3 Å². The number of methoxy groups -OCH3 is 2.